The van der Waals surface area contributed by atoms with Crippen LogP contribution in [-0.2, 0) is 23.9 Å². The van der Waals surface area contributed by atoms with Gasteiger partial charge in [-0.3, -0.25) is 14.4 Å². The van der Waals surface area contributed by atoms with Crippen LogP contribution in [0.25, 0.3) is 0 Å². The van der Waals surface area contributed by atoms with Crippen LogP contribution >= 0.6 is 15.9 Å². The summed E-state index contributed by atoms with van der Waals surface area (Å²) >= 11 is 3.37. The third-order valence-corrected chi connectivity index (χ3v) is 5.22. The molecule has 0 aromatic rings. The summed E-state index contributed by atoms with van der Waals surface area (Å²) in [6.45, 7) is 6.22. The molecule has 0 aromatic carbocycles. The molecule has 3 fully saturated rings. The van der Waals surface area contributed by atoms with Gasteiger partial charge in [-0.2, -0.15) is 0 Å². The molecule has 0 radical (unpaired) electrons. The highest BCUT2D eigenvalue weighted by molar-refractivity contribution is 9.09. The Bertz CT molecular complexity index is 587. The number of ether oxygens (including phenoxy) is 2. The Morgan fingerprint density at radius 2 is 1.88 bits per heavy atom. The zero-order valence-electron chi connectivity index (χ0n) is 13.9. The number of halogens is 1. The van der Waals surface area contributed by atoms with E-state index in [1.165, 1.54) is 6.92 Å². The number of hydrogen-bond acceptors (Lipinski definition) is 6. The minimum atomic E-state index is -0.983. The highest BCUT2D eigenvalue weighted by Gasteiger charge is 2.61. The number of alkyl halides is 1. The first-order chi connectivity index (χ1) is 10.9. The SMILES string of the molecule is CC(=O)OC1C(Br)C2CC(C(N)=O)C1N(C(=O)OC(C)(C)C)C2=O. The van der Waals surface area contributed by atoms with Gasteiger partial charge < -0.3 is 15.2 Å². The second-order valence-electron chi connectivity index (χ2n) is 7.05. The molecule has 3 aliphatic rings. The van der Waals surface area contributed by atoms with Crippen LogP contribution in [-0.4, -0.2) is 51.4 Å². The molecule has 5 atom stereocenters. The summed E-state index contributed by atoms with van der Waals surface area (Å²) in [5.74, 6) is -3.18. The molecule has 134 valence electrons. The molecule has 1 aliphatic carbocycles. The summed E-state index contributed by atoms with van der Waals surface area (Å²) in [5.41, 5.74) is 4.62. The van der Waals surface area contributed by atoms with E-state index in [2.05, 4.69) is 15.9 Å². The van der Waals surface area contributed by atoms with E-state index in [4.69, 9.17) is 15.2 Å². The van der Waals surface area contributed by atoms with Crippen molar-refractivity contribution < 1.29 is 28.7 Å². The minimum absolute atomic E-state index is 0.200. The zero-order chi connectivity index (χ0) is 18.4. The van der Waals surface area contributed by atoms with Gasteiger partial charge in [0.1, 0.15) is 11.7 Å². The minimum Gasteiger partial charge on any atom is -0.459 e. The molecule has 2 N–H and O–H groups in total. The van der Waals surface area contributed by atoms with Crippen molar-refractivity contribution in [1.82, 2.24) is 4.90 Å². The molecule has 2 bridgehead atoms. The predicted octanol–water partition coefficient (Wildman–Crippen LogP) is 0.949. The molecule has 24 heavy (non-hydrogen) atoms. The molecular formula is C15H21BrN2O6. The van der Waals surface area contributed by atoms with Gasteiger partial charge in [-0.1, -0.05) is 15.9 Å². The first-order valence-corrected chi connectivity index (χ1v) is 8.52. The van der Waals surface area contributed by atoms with Crippen LogP contribution in [0.5, 0.6) is 0 Å². The van der Waals surface area contributed by atoms with E-state index in [0.29, 0.717) is 0 Å². The molecule has 0 aromatic heterocycles. The Kier molecular flexibility index (Phi) is 4.94. The van der Waals surface area contributed by atoms with Crippen LogP contribution < -0.4 is 5.73 Å². The van der Waals surface area contributed by atoms with E-state index in [0.717, 1.165) is 4.90 Å². The highest BCUT2D eigenvalue weighted by atomic mass is 79.9. The number of carbonyl (C=O) groups excluding carboxylic acids is 4. The van der Waals surface area contributed by atoms with Gasteiger partial charge in [-0.05, 0) is 27.2 Å². The monoisotopic (exact) mass is 404 g/mol. The zero-order valence-corrected chi connectivity index (χ0v) is 15.5. The summed E-state index contributed by atoms with van der Waals surface area (Å²) in [6, 6.07) is -0.983. The van der Waals surface area contributed by atoms with E-state index in [1.54, 1.807) is 20.8 Å². The molecule has 2 heterocycles. The van der Waals surface area contributed by atoms with Gasteiger partial charge in [0.05, 0.1) is 22.7 Å². The summed E-state index contributed by atoms with van der Waals surface area (Å²) in [5, 5.41) is 0. The first kappa shape index (κ1) is 18.7. The Morgan fingerprint density at radius 1 is 1.29 bits per heavy atom. The van der Waals surface area contributed by atoms with Crippen molar-refractivity contribution in [3.05, 3.63) is 0 Å². The molecule has 8 nitrogen and oxygen atoms in total. The number of nitrogens with zero attached hydrogens (tertiary/aromatic N) is 1. The maximum Gasteiger partial charge on any atom is 0.417 e. The number of esters is 1. The number of hydrogen-bond donors (Lipinski definition) is 1. The van der Waals surface area contributed by atoms with E-state index in [1.807, 2.05) is 0 Å². The lowest BCUT2D eigenvalue weighted by atomic mass is 9.70. The van der Waals surface area contributed by atoms with Crippen molar-refractivity contribution >= 4 is 39.8 Å². The lowest BCUT2D eigenvalue weighted by molar-refractivity contribution is -0.174. The van der Waals surface area contributed by atoms with Gasteiger partial charge in [-0.25, -0.2) is 9.69 Å². The molecule has 1 saturated carbocycles. The fourth-order valence-corrected chi connectivity index (χ4v) is 4.07. The predicted molar refractivity (Wildman–Crippen MR) is 85.9 cm³/mol. The van der Waals surface area contributed by atoms with E-state index >= 15 is 0 Å². The van der Waals surface area contributed by atoms with Gasteiger partial charge in [0.15, 0.2) is 0 Å². The van der Waals surface area contributed by atoms with Crippen LogP contribution in [0.1, 0.15) is 34.1 Å². The molecule has 9 heteroatoms. The number of rotatable bonds is 2. The topological polar surface area (TPSA) is 116 Å². The smallest absolute Gasteiger partial charge is 0.417 e. The fourth-order valence-electron chi connectivity index (χ4n) is 3.21. The van der Waals surface area contributed by atoms with Gasteiger partial charge >= 0.3 is 12.1 Å². The standard InChI is InChI=1S/C15H21BrN2O6/c1-6(19)23-11-9(16)7-5-8(12(17)20)10(11)18(13(7)21)14(22)24-15(2,3)4/h7-11H,5H2,1-4H3,(H2,17,20). The van der Waals surface area contributed by atoms with Crippen molar-refractivity contribution in [1.29, 1.82) is 0 Å². The molecule has 0 spiro atoms. The second-order valence-corrected chi connectivity index (χ2v) is 8.11. The van der Waals surface area contributed by atoms with Crippen LogP contribution in [0.4, 0.5) is 4.79 Å². The third kappa shape index (κ3) is 3.40. The number of imide groups is 1. The summed E-state index contributed by atoms with van der Waals surface area (Å²) < 4.78 is 10.6. The summed E-state index contributed by atoms with van der Waals surface area (Å²) in [7, 11) is 0. The van der Waals surface area contributed by atoms with Crippen LogP contribution in [0.2, 0.25) is 0 Å². The second kappa shape index (κ2) is 6.34. The molecule has 3 rings (SSSR count). The van der Waals surface area contributed by atoms with Crippen molar-refractivity contribution in [3.63, 3.8) is 0 Å². The van der Waals surface area contributed by atoms with Gasteiger partial charge in [0, 0.05) is 6.92 Å². The number of fused-ring (bicyclic) bond motifs is 3. The van der Waals surface area contributed by atoms with Gasteiger partial charge in [0.25, 0.3) is 0 Å². The molecule has 3 amide bonds. The van der Waals surface area contributed by atoms with Crippen molar-refractivity contribution in [2.45, 2.75) is 56.7 Å². The van der Waals surface area contributed by atoms with Crippen LogP contribution in [0, 0.1) is 11.8 Å². The lowest BCUT2D eigenvalue weighted by Gasteiger charge is -2.52. The molecule has 2 saturated heterocycles. The Hall–Kier alpha value is -1.64. The maximum absolute atomic E-state index is 12.6. The van der Waals surface area contributed by atoms with Crippen molar-refractivity contribution in [2.24, 2.45) is 17.6 Å². The highest BCUT2D eigenvalue weighted by Crippen LogP contribution is 2.45. The number of piperidine rings is 2. The Labute approximate surface area is 148 Å². The lowest BCUT2D eigenvalue weighted by Crippen LogP contribution is -2.71. The Balaban J connectivity index is 2.42. The average molecular weight is 405 g/mol. The van der Waals surface area contributed by atoms with Gasteiger partial charge in [-0.15, -0.1) is 0 Å². The van der Waals surface area contributed by atoms with Crippen molar-refractivity contribution in [3.8, 4) is 0 Å². The van der Waals surface area contributed by atoms with E-state index in [9.17, 15) is 19.2 Å². The fraction of sp³-hybridized carbons (Fsp3) is 0.733. The average Bonchev–Trinajstić information content (AvgIpc) is 2.39. The number of primary amides is 1. The van der Waals surface area contributed by atoms with E-state index < -0.39 is 58.3 Å². The third-order valence-electron chi connectivity index (χ3n) is 4.07. The number of amides is 3. The van der Waals surface area contributed by atoms with E-state index in [-0.39, 0.29) is 6.42 Å². The molecule has 2 aliphatic heterocycles. The van der Waals surface area contributed by atoms with Crippen LogP contribution in [0.15, 0.2) is 0 Å². The normalized spacial score (nSPS) is 32.5. The van der Waals surface area contributed by atoms with Crippen molar-refractivity contribution in [2.75, 3.05) is 0 Å². The van der Waals surface area contributed by atoms with Gasteiger partial charge in [0.2, 0.25) is 11.8 Å². The molecular weight excluding hydrogens is 384 g/mol. The Morgan fingerprint density at radius 3 is 2.33 bits per heavy atom. The molecule has 5 unspecified atom stereocenters. The number of nitrogens with two attached hydrogens (primary N) is 1. The maximum atomic E-state index is 12.6. The van der Waals surface area contributed by atoms with Crippen LogP contribution in [0.3, 0.4) is 0 Å². The number of carbonyl (C=O) groups is 4. The largest absolute Gasteiger partial charge is 0.459 e. The quantitative estimate of drug-likeness (QED) is 0.540. The summed E-state index contributed by atoms with van der Waals surface area (Å²) in [4.78, 5) is 48.8. The first-order valence-electron chi connectivity index (χ1n) is 7.60. The summed E-state index contributed by atoms with van der Waals surface area (Å²) in [6.07, 6.45) is -1.53.